The predicted octanol–water partition coefficient (Wildman–Crippen LogP) is 4.00. The highest BCUT2D eigenvalue weighted by Gasteiger charge is 2.06. The second-order valence-electron chi connectivity index (χ2n) is 4.19. The van der Waals surface area contributed by atoms with E-state index in [4.69, 9.17) is 0 Å². The minimum atomic E-state index is -0.0132. The van der Waals surface area contributed by atoms with Crippen LogP contribution in [0.2, 0.25) is 0 Å². The zero-order valence-electron chi connectivity index (χ0n) is 11.5. The molecule has 1 amide bonds. The smallest absolute Gasteiger partial charge is 0.251 e. The van der Waals surface area contributed by atoms with Crippen LogP contribution in [0.3, 0.4) is 0 Å². The number of hydrogen-bond acceptors (Lipinski definition) is 1. The van der Waals surface area contributed by atoms with Gasteiger partial charge in [0.2, 0.25) is 0 Å². The molecule has 0 unspecified atom stereocenters. The Bertz CT molecular complexity index is 517. The summed E-state index contributed by atoms with van der Waals surface area (Å²) in [5.74, 6) is -0.0132. The van der Waals surface area contributed by atoms with Crippen molar-refractivity contribution in [2.24, 2.45) is 0 Å². The maximum Gasteiger partial charge on any atom is 0.251 e. The molecular weight excluding hydrogens is 222 g/mol. The van der Waals surface area contributed by atoms with Crippen LogP contribution in [0.5, 0.6) is 0 Å². The molecule has 0 aromatic heterocycles. The van der Waals surface area contributed by atoms with Crippen LogP contribution in [0, 0.1) is 0 Å². The van der Waals surface area contributed by atoms with E-state index in [9.17, 15) is 4.79 Å². The third-order valence-corrected chi connectivity index (χ3v) is 2.43. The largest absolute Gasteiger partial charge is 0.350 e. The average molecular weight is 243 g/mol. The molecule has 0 spiro atoms. The lowest BCUT2D eigenvalue weighted by Crippen LogP contribution is -2.29. The Hall–Kier alpha value is -1.83. The third kappa shape index (κ3) is 3.59. The molecule has 0 bridgehead atoms. The fraction of sp³-hybridized carbons (Fsp3) is 0.312. The van der Waals surface area contributed by atoms with Gasteiger partial charge in [-0.15, -0.1) is 0 Å². The molecule has 0 aliphatic carbocycles. The molecule has 0 radical (unpaired) electrons. The maximum absolute atomic E-state index is 11.8. The average Bonchev–Trinajstić information content (AvgIpc) is 2.39. The molecule has 0 aliphatic heterocycles. The van der Waals surface area contributed by atoms with Crippen molar-refractivity contribution in [3.05, 3.63) is 48.0 Å². The molecule has 96 valence electrons. The predicted molar refractivity (Wildman–Crippen MR) is 77.9 cm³/mol. The Morgan fingerprint density at radius 2 is 1.61 bits per heavy atom. The minimum Gasteiger partial charge on any atom is -0.350 e. The molecule has 2 nitrogen and oxygen atoms in total. The number of fused-ring (bicyclic) bond motifs is 1. The molecular formula is C16H21NO. The van der Waals surface area contributed by atoms with Crippen LogP contribution in [0.15, 0.2) is 42.5 Å². The maximum atomic E-state index is 11.8. The summed E-state index contributed by atoms with van der Waals surface area (Å²) in [5, 5.41) is 5.14. The van der Waals surface area contributed by atoms with Gasteiger partial charge in [-0.3, -0.25) is 4.79 Å². The molecule has 0 heterocycles. The summed E-state index contributed by atoms with van der Waals surface area (Å²) in [6.07, 6.45) is 0. The summed E-state index contributed by atoms with van der Waals surface area (Å²) in [4.78, 5) is 11.8. The van der Waals surface area contributed by atoms with Gasteiger partial charge >= 0.3 is 0 Å². The van der Waals surface area contributed by atoms with Crippen molar-refractivity contribution in [1.29, 1.82) is 0 Å². The van der Waals surface area contributed by atoms with E-state index in [1.165, 1.54) is 0 Å². The van der Waals surface area contributed by atoms with Crippen molar-refractivity contribution in [3.8, 4) is 0 Å². The van der Waals surface area contributed by atoms with E-state index in [1.54, 1.807) is 0 Å². The number of benzene rings is 2. The highest BCUT2D eigenvalue weighted by molar-refractivity contribution is 5.98. The normalized spacial score (nSPS) is 9.83. The van der Waals surface area contributed by atoms with Gasteiger partial charge in [-0.25, -0.2) is 0 Å². The Labute approximate surface area is 109 Å². The first-order chi connectivity index (χ1) is 8.66. The van der Waals surface area contributed by atoms with Gasteiger partial charge in [0.15, 0.2) is 0 Å². The van der Waals surface area contributed by atoms with Gasteiger partial charge in [-0.1, -0.05) is 44.2 Å². The highest BCUT2D eigenvalue weighted by Crippen LogP contribution is 2.15. The molecule has 2 rings (SSSR count). The molecule has 2 aromatic carbocycles. The summed E-state index contributed by atoms with van der Waals surface area (Å²) < 4.78 is 0. The molecule has 0 saturated carbocycles. The standard InChI is InChI=1S/C14H15NO.C2H6/c1-10(2)15-14(16)13-8-7-11-5-3-4-6-12(11)9-13;1-2/h3-10H,1-2H3,(H,15,16);1-2H3. The number of carbonyl (C=O) groups excluding carboxylic acids is 1. The molecule has 2 aromatic rings. The van der Waals surface area contributed by atoms with Crippen molar-refractivity contribution in [1.82, 2.24) is 5.32 Å². The topological polar surface area (TPSA) is 29.1 Å². The molecule has 1 N–H and O–H groups in total. The van der Waals surface area contributed by atoms with E-state index in [-0.39, 0.29) is 11.9 Å². The van der Waals surface area contributed by atoms with Crippen LogP contribution in [-0.4, -0.2) is 11.9 Å². The number of nitrogens with one attached hydrogen (secondary N) is 1. The monoisotopic (exact) mass is 243 g/mol. The second kappa shape index (κ2) is 6.80. The van der Waals surface area contributed by atoms with Crippen molar-refractivity contribution < 1.29 is 4.79 Å². The lowest BCUT2D eigenvalue weighted by atomic mass is 10.1. The first kappa shape index (κ1) is 14.2. The van der Waals surface area contributed by atoms with E-state index >= 15 is 0 Å². The highest BCUT2D eigenvalue weighted by atomic mass is 16.1. The van der Waals surface area contributed by atoms with Crippen LogP contribution in [0.25, 0.3) is 10.8 Å². The van der Waals surface area contributed by atoms with Crippen molar-refractivity contribution >= 4 is 16.7 Å². The Balaban J connectivity index is 0.000000771. The van der Waals surface area contributed by atoms with Crippen LogP contribution < -0.4 is 5.32 Å². The van der Waals surface area contributed by atoms with Crippen molar-refractivity contribution in [2.75, 3.05) is 0 Å². The van der Waals surface area contributed by atoms with E-state index in [1.807, 2.05) is 70.2 Å². The fourth-order valence-electron chi connectivity index (χ4n) is 1.68. The molecule has 0 atom stereocenters. The zero-order valence-corrected chi connectivity index (χ0v) is 11.5. The van der Waals surface area contributed by atoms with Crippen LogP contribution in [-0.2, 0) is 0 Å². The van der Waals surface area contributed by atoms with Crippen LogP contribution in [0.4, 0.5) is 0 Å². The van der Waals surface area contributed by atoms with E-state index in [0.29, 0.717) is 5.56 Å². The van der Waals surface area contributed by atoms with Gasteiger partial charge < -0.3 is 5.32 Å². The number of carbonyl (C=O) groups is 1. The Morgan fingerprint density at radius 3 is 2.22 bits per heavy atom. The SMILES string of the molecule is CC.CC(C)NC(=O)c1ccc2ccccc2c1. The summed E-state index contributed by atoms with van der Waals surface area (Å²) >= 11 is 0. The quantitative estimate of drug-likeness (QED) is 0.848. The summed E-state index contributed by atoms with van der Waals surface area (Å²) in [6.45, 7) is 7.91. The van der Waals surface area contributed by atoms with Gasteiger partial charge in [0.1, 0.15) is 0 Å². The zero-order chi connectivity index (χ0) is 13.5. The van der Waals surface area contributed by atoms with Crippen molar-refractivity contribution in [2.45, 2.75) is 33.7 Å². The molecule has 2 heteroatoms. The van der Waals surface area contributed by atoms with Gasteiger partial charge in [-0.05, 0) is 36.8 Å². The van der Waals surface area contributed by atoms with E-state index in [0.717, 1.165) is 10.8 Å². The lowest BCUT2D eigenvalue weighted by molar-refractivity contribution is 0.0943. The Morgan fingerprint density at radius 1 is 1.00 bits per heavy atom. The van der Waals surface area contributed by atoms with E-state index in [2.05, 4.69) is 5.32 Å². The third-order valence-electron chi connectivity index (χ3n) is 2.43. The molecule has 0 aliphatic rings. The van der Waals surface area contributed by atoms with Gasteiger partial charge in [0, 0.05) is 11.6 Å². The van der Waals surface area contributed by atoms with Crippen LogP contribution >= 0.6 is 0 Å². The Kier molecular flexibility index (Phi) is 5.37. The first-order valence-corrected chi connectivity index (χ1v) is 6.46. The fourth-order valence-corrected chi connectivity index (χ4v) is 1.68. The summed E-state index contributed by atoms with van der Waals surface area (Å²) in [5.41, 5.74) is 0.715. The first-order valence-electron chi connectivity index (χ1n) is 6.46. The van der Waals surface area contributed by atoms with Crippen LogP contribution in [0.1, 0.15) is 38.1 Å². The molecule has 0 fully saturated rings. The van der Waals surface area contributed by atoms with Crippen molar-refractivity contribution in [3.63, 3.8) is 0 Å². The number of hydrogen-bond donors (Lipinski definition) is 1. The van der Waals surface area contributed by atoms with Gasteiger partial charge in [-0.2, -0.15) is 0 Å². The van der Waals surface area contributed by atoms with Gasteiger partial charge in [0.25, 0.3) is 5.91 Å². The number of amides is 1. The summed E-state index contributed by atoms with van der Waals surface area (Å²) in [6, 6.07) is 14.0. The van der Waals surface area contributed by atoms with Gasteiger partial charge in [0.05, 0.1) is 0 Å². The molecule has 0 saturated heterocycles. The summed E-state index contributed by atoms with van der Waals surface area (Å²) in [7, 11) is 0. The number of rotatable bonds is 2. The lowest BCUT2D eigenvalue weighted by Gasteiger charge is -2.08. The second-order valence-corrected chi connectivity index (χ2v) is 4.19. The minimum absolute atomic E-state index is 0.0132. The van der Waals surface area contributed by atoms with E-state index < -0.39 is 0 Å². The molecule has 18 heavy (non-hydrogen) atoms.